The number of thiazole rings is 1. The number of nitrogens with zero attached hydrogens (tertiary/aromatic N) is 1. The Morgan fingerprint density at radius 2 is 1.70 bits per heavy atom. The molecule has 2 N–H and O–H groups in total. The molecule has 0 spiro atoms. The Labute approximate surface area is 168 Å². The van der Waals surface area contributed by atoms with Crippen molar-refractivity contribution in [2.75, 3.05) is 5.32 Å². The molecule has 2 aromatic rings. The van der Waals surface area contributed by atoms with Gasteiger partial charge in [0.25, 0.3) is 0 Å². The number of hydrogen-bond donors (Lipinski definition) is 2. The van der Waals surface area contributed by atoms with Crippen molar-refractivity contribution in [3.05, 3.63) is 35.7 Å². The standard InChI is InChI=1S/C21H23N3OS2/c25-18(21-9-13-6-14(10-21)8-15(7-13)11-21)23-19(26)24-20-22-17(12-27-20)16-4-2-1-3-5-16/h1-5,12-15H,6-11H2,(H2,22,23,24,25,26). The van der Waals surface area contributed by atoms with E-state index in [0.29, 0.717) is 10.2 Å². The lowest BCUT2D eigenvalue weighted by atomic mass is 9.49. The Kier molecular flexibility index (Phi) is 4.28. The fourth-order valence-electron chi connectivity index (χ4n) is 5.83. The van der Waals surface area contributed by atoms with Gasteiger partial charge in [0.15, 0.2) is 10.2 Å². The summed E-state index contributed by atoms with van der Waals surface area (Å²) in [5.41, 5.74) is 1.81. The Hall–Kier alpha value is -1.79. The van der Waals surface area contributed by atoms with E-state index in [4.69, 9.17) is 12.2 Å². The van der Waals surface area contributed by atoms with E-state index in [9.17, 15) is 4.79 Å². The van der Waals surface area contributed by atoms with E-state index < -0.39 is 0 Å². The second-order valence-electron chi connectivity index (χ2n) is 8.51. The molecule has 4 saturated carbocycles. The molecule has 4 bridgehead atoms. The van der Waals surface area contributed by atoms with E-state index in [1.807, 2.05) is 35.7 Å². The van der Waals surface area contributed by atoms with Crippen molar-refractivity contribution in [2.45, 2.75) is 38.5 Å². The Balaban J connectivity index is 1.24. The zero-order chi connectivity index (χ0) is 18.4. The second kappa shape index (κ2) is 6.67. The third-order valence-corrected chi connectivity index (χ3v) is 7.50. The fraction of sp³-hybridized carbons (Fsp3) is 0.476. The smallest absolute Gasteiger partial charge is 0.232 e. The summed E-state index contributed by atoms with van der Waals surface area (Å²) < 4.78 is 0. The van der Waals surface area contributed by atoms with Gasteiger partial charge in [-0.05, 0) is 68.5 Å². The molecule has 6 rings (SSSR count). The molecular formula is C21H23N3OS2. The lowest BCUT2D eigenvalue weighted by molar-refractivity contribution is -0.144. The maximum atomic E-state index is 13.1. The minimum absolute atomic E-state index is 0.124. The van der Waals surface area contributed by atoms with Crippen LogP contribution >= 0.6 is 23.6 Å². The summed E-state index contributed by atoms with van der Waals surface area (Å²) in [6.45, 7) is 0. The number of amides is 1. The van der Waals surface area contributed by atoms with Gasteiger partial charge in [-0.15, -0.1) is 11.3 Å². The second-order valence-corrected chi connectivity index (χ2v) is 9.78. The predicted molar refractivity (Wildman–Crippen MR) is 113 cm³/mol. The quantitative estimate of drug-likeness (QED) is 0.728. The lowest BCUT2D eigenvalue weighted by Gasteiger charge is -2.55. The molecule has 6 heteroatoms. The molecule has 1 amide bonds. The van der Waals surface area contributed by atoms with Gasteiger partial charge < -0.3 is 10.6 Å². The van der Waals surface area contributed by atoms with Gasteiger partial charge in [-0.1, -0.05) is 30.3 Å². The molecule has 4 fully saturated rings. The van der Waals surface area contributed by atoms with Gasteiger partial charge in [0.2, 0.25) is 5.91 Å². The van der Waals surface area contributed by atoms with Crippen LogP contribution < -0.4 is 10.6 Å². The summed E-state index contributed by atoms with van der Waals surface area (Å²) in [7, 11) is 0. The first-order valence-corrected chi connectivity index (χ1v) is 11.0. The molecule has 0 atom stereocenters. The SMILES string of the molecule is O=C(NC(=S)Nc1nc(-c2ccccc2)cs1)C12CC3CC(CC(C3)C1)C2. The third kappa shape index (κ3) is 3.29. The van der Waals surface area contributed by atoms with Gasteiger partial charge in [0, 0.05) is 10.9 Å². The van der Waals surface area contributed by atoms with Crippen molar-refractivity contribution in [1.82, 2.24) is 10.3 Å². The highest BCUT2D eigenvalue weighted by atomic mass is 32.1. The first-order chi connectivity index (χ1) is 13.1. The molecule has 1 aromatic heterocycles. The van der Waals surface area contributed by atoms with Crippen molar-refractivity contribution in [1.29, 1.82) is 0 Å². The molecule has 4 aliphatic carbocycles. The minimum atomic E-state index is -0.182. The van der Waals surface area contributed by atoms with Crippen LogP contribution in [0.25, 0.3) is 11.3 Å². The first-order valence-electron chi connectivity index (χ1n) is 9.73. The van der Waals surface area contributed by atoms with Crippen LogP contribution in [-0.2, 0) is 4.79 Å². The van der Waals surface area contributed by atoms with Crippen molar-refractivity contribution >= 4 is 39.7 Å². The van der Waals surface area contributed by atoms with Crippen LogP contribution in [0, 0.1) is 23.2 Å². The van der Waals surface area contributed by atoms with Crippen LogP contribution in [0.5, 0.6) is 0 Å². The highest BCUT2D eigenvalue weighted by molar-refractivity contribution is 7.80. The number of carbonyl (C=O) groups excluding carboxylic acids is 1. The van der Waals surface area contributed by atoms with Crippen molar-refractivity contribution in [2.24, 2.45) is 23.2 Å². The van der Waals surface area contributed by atoms with Gasteiger partial charge in [-0.25, -0.2) is 4.98 Å². The van der Waals surface area contributed by atoms with Crippen LogP contribution in [0.4, 0.5) is 5.13 Å². The largest absolute Gasteiger partial charge is 0.308 e. The summed E-state index contributed by atoms with van der Waals surface area (Å²) in [5.74, 6) is 2.36. The molecule has 1 aromatic carbocycles. The number of rotatable bonds is 3. The molecule has 0 saturated heterocycles. The predicted octanol–water partition coefficient (Wildman–Crippen LogP) is 4.84. The first kappa shape index (κ1) is 17.3. The molecule has 4 aliphatic rings. The number of hydrogen-bond acceptors (Lipinski definition) is 4. The molecule has 0 radical (unpaired) electrons. The maximum Gasteiger partial charge on any atom is 0.232 e. The summed E-state index contributed by atoms with van der Waals surface area (Å²) in [6, 6.07) is 10.1. The van der Waals surface area contributed by atoms with Gasteiger partial charge in [-0.2, -0.15) is 0 Å². The topological polar surface area (TPSA) is 54.0 Å². The maximum absolute atomic E-state index is 13.1. The third-order valence-electron chi connectivity index (χ3n) is 6.54. The van der Waals surface area contributed by atoms with E-state index in [1.165, 1.54) is 30.6 Å². The number of nitrogens with one attached hydrogen (secondary N) is 2. The molecule has 1 heterocycles. The number of benzene rings is 1. The Bertz CT molecular complexity index is 841. The fourth-order valence-corrected chi connectivity index (χ4v) is 6.80. The zero-order valence-electron chi connectivity index (χ0n) is 15.1. The molecule has 0 unspecified atom stereocenters. The highest BCUT2D eigenvalue weighted by Gasteiger charge is 2.54. The number of thiocarbonyl (C=S) groups is 1. The monoisotopic (exact) mass is 397 g/mol. The summed E-state index contributed by atoms with van der Waals surface area (Å²) >= 11 is 6.92. The van der Waals surface area contributed by atoms with Crippen LogP contribution in [0.3, 0.4) is 0 Å². The van der Waals surface area contributed by atoms with E-state index >= 15 is 0 Å². The van der Waals surface area contributed by atoms with Crippen molar-refractivity contribution < 1.29 is 4.79 Å². The van der Waals surface area contributed by atoms with E-state index in [0.717, 1.165) is 48.3 Å². The van der Waals surface area contributed by atoms with Gasteiger partial charge in [-0.3, -0.25) is 4.79 Å². The minimum Gasteiger partial charge on any atom is -0.308 e. The summed E-state index contributed by atoms with van der Waals surface area (Å²) in [6.07, 6.45) is 7.12. The molecule has 140 valence electrons. The van der Waals surface area contributed by atoms with E-state index in [-0.39, 0.29) is 11.3 Å². The lowest BCUT2D eigenvalue weighted by Crippen LogP contribution is -2.55. The van der Waals surface area contributed by atoms with Gasteiger partial charge >= 0.3 is 0 Å². The van der Waals surface area contributed by atoms with E-state index in [1.54, 1.807) is 0 Å². The normalized spacial score (nSPS) is 30.9. The van der Waals surface area contributed by atoms with Gasteiger partial charge in [0.05, 0.1) is 11.1 Å². The van der Waals surface area contributed by atoms with Crippen LogP contribution in [0.1, 0.15) is 38.5 Å². The summed E-state index contributed by atoms with van der Waals surface area (Å²) in [5, 5.41) is 9.16. The number of carbonyl (C=O) groups is 1. The van der Waals surface area contributed by atoms with Crippen LogP contribution in [0.15, 0.2) is 35.7 Å². The zero-order valence-corrected chi connectivity index (χ0v) is 16.7. The number of anilines is 1. The summed E-state index contributed by atoms with van der Waals surface area (Å²) in [4.78, 5) is 17.7. The molecular weight excluding hydrogens is 374 g/mol. The van der Waals surface area contributed by atoms with Crippen molar-refractivity contribution in [3.63, 3.8) is 0 Å². The van der Waals surface area contributed by atoms with Crippen LogP contribution in [0.2, 0.25) is 0 Å². The van der Waals surface area contributed by atoms with E-state index in [2.05, 4.69) is 15.6 Å². The molecule has 0 aliphatic heterocycles. The average molecular weight is 398 g/mol. The molecule has 4 nitrogen and oxygen atoms in total. The molecule has 27 heavy (non-hydrogen) atoms. The van der Waals surface area contributed by atoms with Crippen molar-refractivity contribution in [3.8, 4) is 11.3 Å². The van der Waals surface area contributed by atoms with Crippen LogP contribution in [-0.4, -0.2) is 16.0 Å². The number of aromatic nitrogens is 1. The Morgan fingerprint density at radius 1 is 1.07 bits per heavy atom. The average Bonchev–Trinajstić information content (AvgIpc) is 3.09. The highest BCUT2D eigenvalue weighted by Crippen LogP contribution is 2.60. The Morgan fingerprint density at radius 3 is 2.33 bits per heavy atom. The van der Waals surface area contributed by atoms with Gasteiger partial charge in [0.1, 0.15) is 0 Å².